The Bertz CT molecular complexity index is 912. The van der Waals surface area contributed by atoms with Gasteiger partial charge in [-0.2, -0.15) is 5.26 Å². The van der Waals surface area contributed by atoms with Crippen LogP contribution in [0.3, 0.4) is 0 Å². The summed E-state index contributed by atoms with van der Waals surface area (Å²) in [5.74, 6) is -1.38. The Labute approximate surface area is 145 Å². The van der Waals surface area contributed by atoms with Crippen molar-refractivity contribution in [3.05, 3.63) is 71.7 Å². The molecule has 0 spiro atoms. The van der Waals surface area contributed by atoms with Gasteiger partial charge in [0.25, 0.3) is 0 Å². The maximum absolute atomic E-state index is 13.2. The van der Waals surface area contributed by atoms with E-state index in [1.807, 2.05) is 30.3 Å². The summed E-state index contributed by atoms with van der Waals surface area (Å²) in [6.45, 7) is 0.486. The summed E-state index contributed by atoms with van der Waals surface area (Å²) in [5.41, 5.74) is 2.63. The molecule has 0 bridgehead atoms. The topological polar surface area (TPSA) is 68.7 Å². The molecule has 3 rings (SSSR count). The highest BCUT2D eigenvalue weighted by atomic mass is 19.1. The standard InChI is InChI=1S/C20H18FN3O/c21-17-6-7-18-16(13-24-19(18)11-17)10-15(12-22)20(25)23-9-8-14-4-2-1-3-5-14/h1-7,11,13,15,24H,8-10H2,(H,23,25)/t15-/m0/s1. The van der Waals surface area contributed by atoms with Gasteiger partial charge in [-0.05, 0) is 42.2 Å². The SMILES string of the molecule is N#C[C@H](Cc1c[nH]c2cc(F)ccc12)C(=O)NCCc1ccccc1. The zero-order valence-corrected chi connectivity index (χ0v) is 13.6. The Morgan fingerprint density at radius 3 is 2.80 bits per heavy atom. The Morgan fingerprint density at radius 2 is 2.04 bits per heavy atom. The van der Waals surface area contributed by atoms with Crippen molar-refractivity contribution in [1.82, 2.24) is 10.3 Å². The maximum atomic E-state index is 13.2. The summed E-state index contributed by atoms with van der Waals surface area (Å²) in [6, 6.07) is 16.4. The van der Waals surface area contributed by atoms with Crippen molar-refractivity contribution < 1.29 is 9.18 Å². The number of aromatic nitrogens is 1. The summed E-state index contributed by atoms with van der Waals surface area (Å²) < 4.78 is 13.2. The van der Waals surface area contributed by atoms with Crippen molar-refractivity contribution in [2.75, 3.05) is 6.54 Å². The lowest BCUT2D eigenvalue weighted by Gasteiger charge is -2.10. The molecule has 0 saturated heterocycles. The Kier molecular flexibility index (Phi) is 5.10. The summed E-state index contributed by atoms with van der Waals surface area (Å²) in [5, 5.41) is 13.0. The smallest absolute Gasteiger partial charge is 0.237 e. The van der Waals surface area contributed by atoms with Crippen LogP contribution in [0.5, 0.6) is 0 Å². The number of H-pyrrole nitrogens is 1. The van der Waals surface area contributed by atoms with Crippen LogP contribution < -0.4 is 5.32 Å². The van der Waals surface area contributed by atoms with E-state index >= 15 is 0 Å². The van der Waals surface area contributed by atoms with Gasteiger partial charge in [-0.3, -0.25) is 4.79 Å². The van der Waals surface area contributed by atoms with E-state index in [2.05, 4.69) is 16.4 Å². The Hall–Kier alpha value is -3.13. The lowest BCUT2D eigenvalue weighted by molar-refractivity contribution is -0.123. The van der Waals surface area contributed by atoms with Crippen LogP contribution in [-0.2, 0) is 17.6 Å². The van der Waals surface area contributed by atoms with Crippen LogP contribution in [0.1, 0.15) is 11.1 Å². The van der Waals surface area contributed by atoms with Gasteiger partial charge in [-0.15, -0.1) is 0 Å². The first-order valence-electron chi connectivity index (χ1n) is 8.14. The highest BCUT2D eigenvalue weighted by molar-refractivity contribution is 5.85. The zero-order chi connectivity index (χ0) is 17.6. The minimum Gasteiger partial charge on any atom is -0.361 e. The molecule has 0 fully saturated rings. The number of nitrogens with zero attached hydrogens (tertiary/aromatic N) is 1. The van der Waals surface area contributed by atoms with E-state index in [-0.39, 0.29) is 11.7 Å². The minimum absolute atomic E-state index is 0.283. The van der Waals surface area contributed by atoms with Crippen molar-refractivity contribution in [2.24, 2.45) is 5.92 Å². The number of carbonyl (C=O) groups is 1. The average molecular weight is 335 g/mol. The highest BCUT2D eigenvalue weighted by Crippen LogP contribution is 2.22. The number of nitrogens with one attached hydrogen (secondary N) is 2. The monoisotopic (exact) mass is 335 g/mol. The zero-order valence-electron chi connectivity index (χ0n) is 13.6. The molecule has 1 amide bonds. The number of carbonyl (C=O) groups excluding carboxylic acids is 1. The van der Waals surface area contributed by atoms with Gasteiger partial charge in [0.1, 0.15) is 11.7 Å². The van der Waals surface area contributed by atoms with Crippen molar-refractivity contribution in [2.45, 2.75) is 12.8 Å². The van der Waals surface area contributed by atoms with E-state index in [0.717, 1.165) is 22.9 Å². The van der Waals surface area contributed by atoms with Gasteiger partial charge in [0.15, 0.2) is 0 Å². The molecular weight excluding hydrogens is 317 g/mol. The second-order valence-electron chi connectivity index (χ2n) is 5.92. The molecule has 1 aromatic heterocycles. The van der Waals surface area contributed by atoms with E-state index in [1.165, 1.54) is 12.1 Å². The summed E-state index contributed by atoms with van der Waals surface area (Å²) in [7, 11) is 0. The van der Waals surface area contributed by atoms with Crippen molar-refractivity contribution >= 4 is 16.8 Å². The molecule has 0 radical (unpaired) electrons. The van der Waals surface area contributed by atoms with Gasteiger partial charge in [0.05, 0.1) is 6.07 Å². The quantitative estimate of drug-likeness (QED) is 0.725. The second kappa shape index (κ2) is 7.63. The third-order valence-corrected chi connectivity index (χ3v) is 4.18. The molecule has 1 atom stereocenters. The molecule has 2 aromatic carbocycles. The molecule has 126 valence electrons. The maximum Gasteiger partial charge on any atom is 0.237 e. The van der Waals surface area contributed by atoms with Gasteiger partial charge < -0.3 is 10.3 Å². The van der Waals surface area contributed by atoms with Gasteiger partial charge >= 0.3 is 0 Å². The molecule has 0 aliphatic rings. The number of aromatic amines is 1. The average Bonchev–Trinajstić information content (AvgIpc) is 3.02. The third kappa shape index (κ3) is 4.04. The van der Waals surface area contributed by atoms with Crippen LogP contribution in [0.15, 0.2) is 54.7 Å². The van der Waals surface area contributed by atoms with Gasteiger partial charge in [0.2, 0.25) is 5.91 Å². The van der Waals surface area contributed by atoms with Crippen LogP contribution in [0, 0.1) is 23.1 Å². The Morgan fingerprint density at radius 1 is 1.24 bits per heavy atom. The van der Waals surface area contributed by atoms with E-state index in [0.29, 0.717) is 18.5 Å². The first kappa shape index (κ1) is 16.7. The fourth-order valence-electron chi connectivity index (χ4n) is 2.84. The first-order chi connectivity index (χ1) is 12.2. The minimum atomic E-state index is -0.778. The fraction of sp³-hybridized carbons (Fsp3) is 0.200. The van der Waals surface area contributed by atoms with Crippen molar-refractivity contribution in [3.8, 4) is 6.07 Å². The molecule has 1 heterocycles. The number of amides is 1. The number of fused-ring (bicyclic) bond motifs is 1. The molecular formula is C20H18FN3O. The van der Waals surface area contributed by atoms with Crippen LogP contribution in [0.4, 0.5) is 4.39 Å². The number of hydrogen-bond donors (Lipinski definition) is 2. The number of rotatable bonds is 6. The lowest BCUT2D eigenvalue weighted by atomic mass is 9.99. The first-order valence-corrected chi connectivity index (χ1v) is 8.14. The fourth-order valence-corrected chi connectivity index (χ4v) is 2.84. The van der Waals surface area contributed by atoms with E-state index in [4.69, 9.17) is 0 Å². The van der Waals surface area contributed by atoms with E-state index in [1.54, 1.807) is 12.3 Å². The van der Waals surface area contributed by atoms with E-state index in [9.17, 15) is 14.4 Å². The number of nitriles is 1. The highest BCUT2D eigenvalue weighted by Gasteiger charge is 2.19. The van der Waals surface area contributed by atoms with Gasteiger partial charge in [-0.25, -0.2) is 4.39 Å². The predicted octanol–water partition coefficient (Wildman–Crippen LogP) is 3.35. The van der Waals surface area contributed by atoms with Crippen molar-refractivity contribution in [1.29, 1.82) is 5.26 Å². The van der Waals surface area contributed by atoms with E-state index < -0.39 is 5.92 Å². The molecule has 0 unspecified atom stereocenters. The molecule has 0 aliphatic carbocycles. The summed E-state index contributed by atoms with van der Waals surface area (Å²) in [4.78, 5) is 15.3. The summed E-state index contributed by atoms with van der Waals surface area (Å²) >= 11 is 0. The molecule has 5 heteroatoms. The molecule has 4 nitrogen and oxygen atoms in total. The second-order valence-corrected chi connectivity index (χ2v) is 5.92. The molecule has 0 saturated carbocycles. The third-order valence-electron chi connectivity index (χ3n) is 4.18. The van der Waals surface area contributed by atoms with Gasteiger partial charge in [-0.1, -0.05) is 30.3 Å². The van der Waals surface area contributed by atoms with Crippen LogP contribution in [0.25, 0.3) is 10.9 Å². The Balaban J connectivity index is 1.61. The summed E-state index contributed by atoms with van der Waals surface area (Å²) in [6.07, 6.45) is 2.74. The van der Waals surface area contributed by atoms with Crippen LogP contribution >= 0.6 is 0 Å². The van der Waals surface area contributed by atoms with Crippen LogP contribution in [-0.4, -0.2) is 17.4 Å². The van der Waals surface area contributed by atoms with Gasteiger partial charge in [0, 0.05) is 23.6 Å². The predicted molar refractivity (Wildman–Crippen MR) is 94.2 cm³/mol. The largest absolute Gasteiger partial charge is 0.361 e. The molecule has 3 aromatic rings. The number of benzene rings is 2. The number of hydrogen-bond acceptors (Lipinski definition) is 2. The molecule has 2 N–H and O–H groups in total. The van der Waals surface area contributed by atoms with Crippen molar-refractivity contribution in [3.63, 3.8) is 0 Å². The van der Waals surface area contributed by atoms with Crippen LogP contribution in [0.2, 0.25) is 0 Å². The normalized spacial score (nSPS) is 11.8. The lowest BCUT2D eigenvalue weighted by Crippen LogP contribution is -2.32. The molecule has 25 heavy (non-hydrogen) atoms. The number of halogens is 1. The molecule has 0 aliphatic heterocycles.